The van der Waals surface area contributed by atoms with Gasteiger partial charge in [0.2, 0.25) is 0 Å². The van der Waals surface area contributed by atoms with Gasteiger partial charge in [0.1, 0.15) is 17.2 Å². The van der Waals surface area contributed by atoms with E-state index in [-0.39, 0.29) is 6.09 Å². The fraction of sp³-hybridized carbons (Fsp3) is 0.688. The fourth-order valence-electron chi connectivity index (χ4n) is 2.64. The van der Waals surface area contributed by atoms with Crippen LogP contribution in [0.15, 0.2) is 11.2 Å². The number of aromatic nitrogens is 2. The van der Waals surface area contributed by atoms with Gasteiger partial charge in [0.15, 0.2) is 5.16 Å². The molecule has 0 aromatic carbocycles. The van der Waals surface area contributed by atoms with Crippen LogP contribution < -0.4 is 11.5 Å². The van der Waals surface area contributed by atoms with Gasteiger partial charge >= 0.3 is 6.09 Å². The third-order valence-corrected chi connectivity index (χ3v) is 4.55. The normalized spacial score (nSPS) is 18.5. The lowest BCUT2D eigenvalue weighted by Gasteiger charge is -2.34. The SMILES string of the molecule is CC(C)(C)OC(=O)N1CCCC(CCSc2nc(N)cc(N)n2)C1. The Labute approximate surface area is 147 Å². The largest absolute Gasteiger partial charge is 0.444 e. The summed E-state index contributed by atoms with van der Waals surface area (Å²) in [6, 6.07) is 1.55. The van der Waals surface area contributed by atoms with E-state index >= 15 is 0 Å². The van der Waals surface area contributed by atoms with Crippen LogP contribution in [-0.2, 0) is 4.74 Å². The average molecular weight is 353 g/mol. The molecule has 2 heterocycles. The predicted octanol–water partition coefficient (Wildman–Crippen LogP) is 2.77. The molecule has 24 heavy (non-hydrogen) atoms. The monoisotopic (exact) mass is 353 g/mol. The van der Waals surface area contributed by atoms with E-state index in [1.807, 2.05) is 25.7 Å². The summed E-state index contributed by atoms with van der Waals surface area (Å²) in [5.74, 6) is 2.12. The van der Waals surface area contributed by atoms with Gasteiger partial charge in [-0.2, -0.15) is 0 Å². The molecule has 0 bridgehead atoms. The summed E-state index contributed by atoms with van der Waals surface area (Å²) < 4.78 is 5.46. The Morgan fingerprint density at radius 2 is 2.04 bits per heavy atom. The highest BCUT2D eigenvalue weighted by Gasteiger charge is 2.27. The van der Waals surface area contributed by atoms with Crippen molar-refractivity contribution in [3.8, 4) is 0 Å². The third kappa shape index (κ3) is 6.07. The molecule has 1 amide bonds. The number of rotatable bonds is 4. The Hall–Kier alpha value is -1.70. The highest BCUT2D eigenvalue weighted by atomic mass is 32.2. The average Bonchev–Trinajstić information content (AvgIpc) is 2.45. The molecule has 1 aliphatic rings. The second-order valence-electron chi connectivity index (χ2n) is 7.07. The van der Waals surface area contributed by atoms with Crippen molar-refractivity contribution in [2.45, 2.75) is 50.8 Å². The van der Waals surface area contributed by atoms with Crippen molar-refractivity contribution < 1.29 is 9.53 Å². The summed E-state index contributed by atoms with van der Waals surface area (Å²) >= 11 is 1.55. The van der Waals surface area contributed by atoms with Gasteiger partial charge in [-0.05, 0) is 46.0 Å². The van der Waals surface area contributed by atoms with Crippen molar-refractivity contribution in [1.82, 2.24) is 14.9 Å². The molecule has 1 aliphatic heterocycles. The molecular weight excluding hydrogens is 326 g/mol. The molecule has 7 nitrogen and oxygen atoms in total. The molecule has 1 aromatic heterocycles. The van der Waals surface area contributed by atoms with Crippen molar-refractivity contribution >= 4 is 29.5 Å². The molecular formula is C16H27N5O2S. The molecule has 4 N–H and O–H groups in total. The van der Waals surface area contributed by atoms with Crippen molar-refractivity contribution in [2.75, 3.05) is 30.3 Å². The number of anilines is 2. The maximum atomic E-state index is 12.2. The van der Waals surface area contributed by atoms with E-state index in [9.17, 15) is 4.79 Å². The molecule has 1 fully saturated rings. The van der Waals surface area contributed by atoms with Crippen molar-refractivity contribution in [3.63, 3.8) is 0 Å². The summed E-state index contributed by atoms with van der Waals surface area (Å²) in [7, 11) is 0. The first-order valence-corrected chi connectivity index (χ1v) is 9.22. The van der Waals surface area contributed by atoms with Gasteiger partial charge in [-0.25, -0.2) is 14.8 Å². The molecule has 0 radical (unpaired) electrons. The Morgan fingerprint density at radius 3 is 2.67 bits per heavy atom. The number of piperidine rings is 1. The molecule has 0 saturated carbocycles. The van der Waals surface area contributed by atoms with Gasteiger partial charge in [0.25, 0.3) is 0 Å². The molecule has 0 spiro atoms. The van der Waals surface area contributed by atoms with Gasteiger partial charge in [-0.3, -0.25) is 0 Å². The standard InChI is InChI=1S/C16H27N5O2S/c1-16(2,3)23-15(22)21-7-4-5-11(10-21)6-8-24-14-19-12(17)9-13(18)20-14/h9,11H,4-8,10H2,1-3H3,(H4,17,18,19,20). The van der Waals surface area contributed by atoms with Gasteiger partial charge in [0, 0.05) is 24.9 Å². The molecule has 1 unspecified atom stereocenters. The number of nitrogen functional groups attached to an aromatic ring is 2. The summed E-state index contributed by atoms with van der Waals surface area (Å²) in [5, 5.41) is 0.604. The molecule has 1 aromatic rings. The van der Waals surface area contributed by atoms with Crippen LogP contribution in [0.25, 0.3) is 0 Å². The second kappa shape index (κ2) is 7.92. The van der Waals surface area contributed by atoms with Crippen LogP contribution >= 0.6 is 11.8 Å². The van der Waals surface area contributed by atoms with Crippen LogP contribution in [0, 0.1) is 5.92 Å². The van der Waals surface area contributed by atoms with Crippen LogP contribution in [0.2, 0.25) is 0 Å². The number of amides is 1. The summed E-state index contributed by atoms with van der Waals surface area (Å²) in [5.41, 5.74) is 10.9. The number of likely N-dealkylation sites (tertiary alicyclic amines) is 1. The van der Waals surface area contributed by atoms with Crippen LogP contribution in [0.1, 0.15) is 40.0 Å². The fourth-order valence-corrected chi connectivity index (χ4v) is 3.61. The first kappa shape index (κ1) is 18.6. The summed E-state index contributed by atoms with van der Waals surface area (Å²) in [6.45, 7) is 7.18. The third-order valence-electron chi connectivity index (χ3n) is 3.67. The number of nitrogens with zero attached hydrogens (tertiary/aromatic N) is 3. The topological polar surface area (TPSA) is 107 Å². The second-order valence-corrected chi connectivity index (χ2v) is 8.13. The Kier molecular flexibility index (Phi) is 6.15. The molecule has 2 rings (SSSR count). The molecule has 8 heteroatoms. The van der Waals surface area contributed by atoms with Crippen LogP contribution in [-0.4, -0.2) is 45.4 Å². The number of hydrogen-bond acceptors (Lipinski definition) is 7. The minimum absolute atomic E-state index is 0.216. The molecule has 1 atom stereocenters. The Bertz CT molecular complexity index is 556. The lowest BCUT2D eigenvalue weighted by Crippen LogP contribution is -2.43. The summed E-state index contributed by atoms with van der Waals surface area (Å²) in [6.07, 6.45) is 2.91. The Morgan fingerprint density at radius 1 is 1.38 bits per heavy atom. The van der Waals surface area contributed by atoms with E-state index in [0.717, 1.165) is 38.1 Å². The number of hydrogen-bond donors (Lipinski definition) is 2. The van der Waals surface area contributed by atoms with E-state index in [1.54, 1.807) is 17.8 Å². The van der Waals surface area contributed by atoms with Crippen molar-refractivity contribution in [3.05, 3.63) is 6.07 Å². The van der Waals surface area contributed by atoms with Crippen LogP contribution in [0.4, 0.5) is 16.4 Å². The van der Waals surface area contributed by atoms with E-state index < -0.39 is 5.60 Å². The van der Waals surface area contributed by atoms with E-state index in [4.69, 9.17) is 16.2 Å². The van der Waals surface area contributed by atoms with E-state index in [2.05, 4.69) is 9.97 Å². The minimum Gasteiger partial charge on any atom is -0.444 e. The highest BCUT2D eigenvalue weighted by molar-refractivity contribution is 7.99. The van der Waals surface area contributed by atoms with Crippen molar-refractivity contribution in [1.29, 1.82) is 0 Å². The first-order chi connectivity index (χ1) is 11.2. The summed E-state index contributed by atoms with van der Waals surface area (Å²) in [4.78, 5) is 22.3. The predicted molar refractivity (Wildman–Crippen MR) is 96.7 cm³/mol. The molecule has 134 valence electrons. The zero-order chi connectivity index (χ0) is 17.7. The van der Waals surface area contributed by atoms with Gasteiger partial charge in [-0.1, -0.05) is 11.8 Å². The van der Waals surface area contributed by atoms with Gasteiger partial charge in [-0.15, -0.1) is 0 Å². The first-order valence-electron chi connectivity index (χ1n) is 8.24. The number of thioether (sulfide) groups is 1. The van der Waals surface area contributed by atoms with Gasteiger partial charge < -0.3 is 21.1 Å². The number of ether oxygens (including phenoxy) is 1. The molecule has 0 aliphatic carbocycles. The van der Waals surface area contributed by atoms with Crippen molar-refractivity contribution in [2.24, 2.45) is 5.92 Å². The van der Waals surface area contributed by atoms with Crippen LogP contribution in [0.3, 0.4) is 0 Å². The maximum Gasteiger partial charge on any atom is 0.410 e. The number of nitrogens with two attached hydrogens (primary N) is 2. The lowest BCUT2D eigenvalue weighted by atomic mass is 9.96. The number of carbonyl (C=O) groups is 1. The molecule has 1 saturated heterocycles. The number of carbonyl (C=O) groups excluding carboxylic acids is 1. The quantitative estimate of drug-likeness (QED) is 0.633. The zero-order valence-corrected chi connectivity index (χ0v) is 15.4. The lowest BCUT2D eigenvalue weighted by molar-refractivity contribution is 0.0165. The van der Waals surface area contributed by atoms with Crippen LogP contribution in [0.5, 0.6) is 0 Å². The minimum atomic E-state index is -0.454. The highest BCUT2D eigenvalue weighted by Crippen LogP contribution is 2.25. The smallest absolute Gasteiger partial charge is 0.410 e. The van der Waals surface area contributed by atoms with E-state index in [1.165, 1.54) is 0 Å². The zero-order valence-electron chi connectivity index (χ0n) is 14.6. The van der Waals surface area contributed by atoms with E-state index in [0.29, 0.717) is 22.7 Å². The maximum absolute atomic E-state index is 12.2. The van der Waals surface area contributed by atoms with Gasteiger partial charge in [0.05, 0.1) is 0 Å². The Balaban J connectivity index is 1.79.